The van der Waals surface area contributed by atoms with Crippen molar-refractivity contribution >= 4 is 23.4 Å². The Morgan fingerprint density at radius 2 is 2.11 bits per heavy atom. The molecule has 0 aromatic carbocycles. The van der Waals surface area contributed by atoms with Crippen LogP contribution in [0.15, 0.2) is 0 Å². The number of rotatable bonds is 6. The summed E-state index contributed by atoms with van der Waals surface area (Å²) < 4.78 is 3.75. The Labute approximate surface area is 110 Å². The Morgan fingerprint density at radius 1 is 1.44 bits per heavy atom. The molecule has 0 saturated heterocycles. The molecule has 0 aliphatic carbocycles. The fourth-order valence-corrected chi connectivity index (χ4v) is 2.10. The van der Waals surface area contributed by atoms with Crippen molar-refractivity contribution in [2.45, 2.75) is 45.6 Å². The highest BCUT2D eigenvalue weighted by molar-refractivity contribution is 7.08. The summed E-state index contributed by atoms with van der Waals surface area (Å²) in [5.41, 5.74) is 0.108. The first-order chi connectivity index (χ1) is 8.35. The molecule has 1 rings (SSSR count). The van der Waals surface area contributed by atoms with Crippen LogP contribution in [0.5, 0.6) is 0 Å². The highest BCUT2D eigenvalue weighted by Gasteiger charge is 2.24. The van der Waals surface area contributed by atoms with Gasteiger partial charge in [0.25, 0.3) is 5.91 Å². The summed E-state index contributed by atoms with van der Waals surface area (Å²) in [5, 5.41) is 15.3. The molecular weight excluding hydrogens is 254 g/mol. The van der Waals surface area contributed by atoms with Gasteiger partial charge >= 0.3 is 5.97 Å². The van der Waals surface area contributed by atoms with Gasteiger partial charge in [0.15, 0.2) is 0 Å². The molecule has 0 unspecified atom stereocenters. The zero-order chi connectivity index (χ0) is 13.8. The summed E-state index contributed by atoms with van der Waals surface area (Å²) in [7, 11) is 0. The number of aryl methyl sites for hydroxylation is 1. The first kappa shape index (κ1) is 14.6. The molecule has 0 aliphatic heterocycles. The number of carboxylic acids is 1. The maximum absolute atomic E-state index is 12.0. The van der Waals surface area contributed by atoms with Gasteiger partial charge in [-0.3, -0.25) is 9.59 Å². The van der Waals surface area contributed by atoms with E-state index in [9.17, 15) is 9.59 Å². The zero-order valence-electron chi connectivity index (χ0n) is 10.7. The molecule has 0 spiro atoms. The Morgan fingerprint density at radius 3 is 2.67 bits per heavy atom. The number of nitrogens with one attached hydrogen (secondary N) is 1. The fraction of sp³-hybridized carbons (Fsp3) is 0.636. The van der Waals surface area contributed by atoms with Crippen molar-refractivity contribution in [2.24, 2.45) is 0 Å². The number of hydrogen-bond acceptors (Lipinski definition) is 5. The molecule has 1 heterocycles. The predicted molar refractivity (Wildman–Crippen MR) is 67.7 cm³/mol. The molecule has 1 aromatic rings. The molecule has 18 heavy (non-hydrogen) atoms. The van der Waals surface area contributed by atoms with Crippen LogP contribution in [0.1, 0.15) is 49.0 Å². The minimum absolute atomic E-state index is 0.0227. The van der Waals surface area contributed by atoms with Gasteiger partial charge in [0.1, 0.15) is 4.88 Å². The second kappa shape index (κ2) is 5.90. The van der Waals surface area contributed by atoms with Crippen LogP contribution in [0, 0.1) is 0 Å². The van der Waals surface area contributed by atoms with E-state index in [1.165, 1.54) is 0 Å². The summed E-state index contributed by atoms with van der Waals surface area (Å²) >= 11 is 1.06. The van der Waals surface area contributed by atoms with Crippen molar-refractivity contribution in [3.8, 4) is 0 Å². The van der Waals surface area contributed by atoms with Crippen LogP contribution in [0.3, 0.4) is 0 Å². The molecule has 100 valence electrons. The van der Waals surface area contributed by atoms with Crippen LogP contribution >= 0.6 is 11.5 Å². The van der Waals surface area contributed by atoms with Gasteiger partial charge in [0, 0.05) is 12.0 Å². The maximum Gasteiger partial charge on any atom is 0.303 e. The lowest BCUT2D eigenvalue weighted by Crippen LogP contribution is -2.43. The lowest BCUT2D eigenvalue weighted by molar-refractivity contribution is -0.137. The summed E-state index contributed by atoms with van der Waals surface area (Å²) in [6, 6.07) is 0. The molecular formula is C11H17N3O3S. The maximum atomic E-state index is 12.0. The van der Waals surface area contributed by atoms with Crippen molar-refractivity contribution in [3.63, 3.8) is 0 Å². The first-order valence-electron chi connectivity index (χ1n) is 5.71. The summed E-state index contributed by atoms with van der Waals surface area (Å²) in [4.78, 5) is 23.0. The topological polar surface area (TPSA) is 92.2 Å². The lowest BCUT2D eigenvalue weighted by atomic mass is 9.98. The van der Waals surface area contributed by atoms with E-state index >= 15 is 0 Å². The number of carbonyl (C=O) groups is 2. The van der Waals surface area contributed by atoms with Gasteiger partial charge in [-0.25, -0.2) is 0 Å². The summed E-state index contributed by atoms with van der Waals surface area (Å²) in [6.45, 7) is 5.50. The highest BCUT2D eigenvalue weighted by atomic mass is 32.1. The Kier molecular flexibility index (Phi) is 4.77. The normalized spacial score (nSPS) is 11.3. The number of amides is 1. The largest absolute Gasteiger partial charge is 0.481 e. The van der Waals surface area contributed by atoms with Crippen LogP contribution in [-0.2, 0) is 11.2 Å². The van der Waals surface area contributed by atoms with E-state index in [0.717, 1.165) is 11.5 Å². The number of aromatic nitrogens is 2. The predicted octanol–water partition coefficient (Wildman–Crippen LogP) is 1.47. The molecule has 0 atom stereocenters. The van der Waals surface area contributed by atoms with E-state index in [1.54, 1.807) is 13.8 Å². The summed E-state index contributed by atoms with van der Waals surface area (Å²) in [6.07, 6.45) is 1.05. The van der Waals surface area contributed by atoms with Crippen LogP contribution in [0.2, 0.25) is 0 Å². The summed E-state index contributed by atoms with van der Waals surface area (Å²) in [5.74, 6) is -1.11. The van der Waals surface area contributed by atoms with Crippen LogP contribution < -0.4 is 5.32 Å². The van der Waals surface area contributed by atoms with Crippen molar-refractivity contribution < 1.29 is 14.7 Å². The molecule has 2 N–H and O–H groups in total. The molecule has 0 radical (unpaired) electrons. The van der Waals surface area contributed by atoms with E-state index in [4.69, 9.17) is 5.11 Å². The SMILES string of the molecule is CCc1nnsc1C(=O)NC(C)(C)CCC(=O)O. The van der Waals surface area contributed by atoms with Crippen LogP contribution in [-0.4, -0.2) is 32.1 Å². The van der Waals surface area contributed by atoms with Crippen molar-refractivity contribution in [2.75, 3.05) is 0 Å². The van der Waals surface area contributed by atoms with Crippen molar-refractivity contribution in [1.82, 2.24) is 14.9 Å². The van der Waals surface area contributed by atoms with E-state index in [-0.39, 0.29) is 12.3 Å². The Hall–Kier alpha value is -1.50. The quantitative estimate of drug-likeness (QED) is 0.817. The average Bonchev–Trinajstić information content (AvgIpc) is 2.74. The average molecular weight is 271 g/mol. The molecule has 7 heteroatoms. The Balaban J connectivity index is 2.66. The van der Waals surface area contributed by atoms with E-state index in [0.29, 0.717) is 23.4 Å². The first-order valence-corrected chi connectivity index (χ1v) is 6.48. The number of nitrogens with zero attached hydrogens (tertiary/aromatic N) is 2. The molecule has 0 bridgehead atoms. The van der Waals surface area contributed by atoms with Gasteiger partial charge in [0.2, 0.25) is 0 Å². The van der Waals surface area contributed by atoms with Gasteiger partial charge < -0.3 is 10.4 Å². The second-order valence-corrected chi connectivity index (χ2v) is 5.39. The molecule has 0 fully saturated rings. The standard InChI is InChI=1S/C11H17N3O3S/c1-4-7-9(18-14-13-7)10(17)12-11(2,3)6-5-8(15)16/h4-6H2,1-3H3,(H,12,17)(H,15,16). The number of hydrogen-bond donors (Lipinski definition) is 2. The van der Waals surface area contributed by atoms with Crippen molar-refractivity contribution in [3.05, 3.63) is 10.6 Å². The molecule has 0 saturated carbocycles. The van der Waals surface area contributed by atoms with Crippen LogP contribution in [0.4, 0.5) is 0 Å². The number of carboxylic acid groups (broad SMARTS) is 1. The number of aliphatic carboxylic acids is 1. The fourth-order valence-electron chi connectivity index (χ4n) is 1.46. The van der Waals surface area contributed by atoms with E-state index in [2.05, 4.69) is 14.9 Å². The third kappa shape index (κ3) is 4.06. The van der Waals surface area contributed by atoms with Gasteiger partial charge in [-0.05, 0) is 38.2 Å². The van der Waals surface area contributed by atoms with Gasteiger partial charge in [-0.2, -0.15) is 0 Å². The molecule has 1 aromatic heterocycles. The third-order valence-electron chi connectivity index (χ3n) is 2.51. The highest BCUT2D eigenvalue weighted by Crippen LogP contribution is 2.16. The lowest BCUT2D eigenvalue weighted by Gasteiger charge is -2.25. The second-order valence-electron chi connectivity index (χ2n) is 4.63. The van der Waals surface area contributed by atoms with E-state index < -0.39 is 11.5 Å². The van der Waals surface area contributed by atoms with Gasteiger partial charge in [0.05, 0.1) is 5.69 Å². The zero-order valence-corrected chi connectivity index (χ0v) is 11.5. The minimum Gasteiger partial charge on any atom is -0.481 e. The van der Waals surface area contributed by atoms with E-state index in [1.807, 2.05) is 6.92 Å². The van der Waals surface area contributed by atoms with Crippen LogP contribution in [0.25, 0.3) is 0 Å². The minimum atomic E-state index is -0.869. The van der Waals surface area contributed by atoms with Gasteiger partial charge in [-0.1, -0.05) is 11.4 Å². The molecule has 0 aliphatic rings. The number of carbonyl (C=O) groups excluding carboxylic acids is 1. The van der Waals surface area contributed by atoms with Gasteiger partial charge in [-0.15, -0.1) is 5.10 Å². The molecule has 1 amide bonds. The smallest absolute Gasteiger partial charge is 0.303 e. The monoisotopic (exact) mass is 271 g/mol. The molecule has 6 nitrogen and oxygen atoms in total. The van der Waals surface area contributed by atoms with Crippen molar-refractivity contribution in [1.29, 1.82) is 0 Å². The Bertz CT molecular complexity index is 442. The third-order valence-corrected chi connectivity index (χ3v) is 3.28.